The Morgan fingerprint density at radius 2 is 2.03 bits per heavy atom. The van der Waals surface area contributed by atoms with Crippen molar-refractivity contribution in [2.24, 2.45) is 0 Å². The Morgan fingerprint density at radius 3 is 2.75 bits per heavy atom. The Kier molecular flexibility index (Phi) is 6.91. The van der Waals surface area contributed by atoms with Crippen LogP contribution in [0.25, 0.3) is 16.9 Å². The van der Waals surface area contributed by atoms with Crippen molar-refractivity contribution in [3.05, 3.63) is 78.3 Å². The number of aromatic amines is 1. The van der Waals surface area contributed by atoms with E-state index in [0.717, 1.165) is 29.9 Å². The first-order valence-electron chi connectivity index (χ1n) is 10.8. The van der Waals surface area contributed by atoms with E-state index in [1.807, 2.05) is 54.2 Å². The molecule has 0 bridgehead atoms. The van der Waals surface area contributed by atoms with Crippen LogP contribution in [-0.2, 0) is 6.54 Å². The van der Waals surface area contributed by atoms with Gasteiger partial charge in [-0.1, -0.05) is 31.5 Å². The average Bonchev–Trinajstić information content (AvgIpc) is 3.50. The zero-order valence-electron chi connectivity index (χ0n) is 18.3. The number of hydrogen-bond donors (Lipinski definition) is 2. The van der Waals surface area contributed by atoms with Crippen molar-refractivity contribution in [2.45, 2.75) is 39.3 Å². The van der Waals surface area contributed by atoms with Crippen LogP contribution in [0, 0.1) is 5.82 Å². The van der Waals surface area contributed by atoms with E-state index in [9.17, 15) is 4.39 Å². The smallest absolute Gasteiger partial charge is 0.165 e. The molecule has 32 heavy (non-hydrogen) atoms. The largest absolute Gasteiger partial charge is 0.491 e. The molecule has 2 aromatic heterocycles. The van der Waals surface area contributed by atoms with Crippen LogP contribution in [-0.4, -0.2) is 31.6 Å². The molecule has 166 valence electrons. The van der Waals surface area contributed by atoms with Crippen LogP contribution < -0.4 is 10.1 Å². The number of ether oxygens (including phenoxy) is 1. The Hall–Kier alpha value is -3.52. The molecule has 4 aromatic rings. The molecule has 0 aliphatic carbocycles. The van der Waals surface area contributed by atoms with Crippen LogP contribution in [0.4, 0.5) is 4.39 Å². The van der Waals surface area contributed by atoms with Gasteiger partial charge in [0.1, 0.15) is 12.2 Å². The van der Waals surface area contributed by atoms with Gasteiger partial charge >= 0.3 is 0 Å². The molecular formula is C24H27FN6O. The predicted octanol–water partition coefficient (Wildman–Crippen LogP) is 4.83. The van der Waals surface area contributed by atoms with Gasteiger partial charge in [-0.2, -0.15) is 10.2 Å². The molecule has 0 aliphatic heterocycles. The Labute approximate surface area is 186 Å². The SMILES string of the molecule is CCCCOc1ccc(-c2nn(-c3ccccc3)cc2CNC(C)c2ncn[nH]2)cc1F. The van der Waals surface area contributed by atoms with Crippen LogP contribution in [0.5, 0.6) is 5.75 Å². The number of nitrogens with zero attached hydrogens (tertiary/aromatic N) is 4. The first-order valence-corrected chi connectivity index (χ1v) is 10.8. The van der Waals surface area contributed by atoms with Crippen molar-refractivity contribution >= 4 is 0 Å². The quantitative estimate of drug-likeness (QED) is 0.350. The summed E-state index contributed by atoms with van der Waals surface area (Å²) in [7, 11) is 0. The standard InChI is InChI=1S/C24H27FN6O/c1-3-4-12-32-22-11-10-18(13-21(22)25)23-19(14-26-17(2)24-27-16-28-29-24)15-31(30-23)20-8-6-5-7-9-20/h5-11,13,15-17,26H,3-4,12,14H2,1-2H3,(H,27,28,29). The molecule has 1 unspecified atom stereocenters. The van der Waals surface area contributed by atoms with Gasteiger partial charge in [0, 0.05) is 23.9 Å². The molecule has 2 N–H and O–H groups in total. The zero-order valence-corrected chi connectivity index (χ0v) is 18.3. The van der Waals surface area contributed by atoms with Gasteiger partial charge in [-0.25, -0.2) is 14.1 Å². The molecule has 0 radical (unpaired) electrons. The molecule has 2 heterocycles. The first kappa shape index (κ1) is 21.7. The Balaban J connectivity index is 1.62. The summed E-state index contributed by atoms with van der Waals surface area (Å²) in [5, 5.41) is 15.0. The molecule has 0 saturated carbocycles. The number of halogens is 1. The van der Waals surface area contributed by atoms with E-state index in [-0.39, 0.29) is 17.6 Å². The van der Waals surface area contributed by atoms with Crippen molar-refractivity contribution in [1.82, 2.24) is 30.3 Å². The maximum atomic E-state index is 14.7. The molecule has 0 spiro atoms. The third-order valence-electron chi connectivity index (χ3n) is 5.21. The summed E-state index contributed by atoms with van der Waals surface area (Å²) in [6.07, 6.45) is 5.34. The second-order valence-corrected chi connectivity index (χ2v) is 7.60. The lowest BCUT2D eigenvalue weighted by atomic mass is 10.1. The molecule has 1 atom stereocenters. The maximum absolute atomic E-state index is 14.7. The molecule has 0 fully saturated rings. The summed E-state index contributed by atoms with van der Waals surface area (Å²) >= 11 is 0. The number of benzene rings is 2. The van der Waals surface area contributed by atoms with Crippen molar-refractivity contribution < 1.29 is 9.13 Å². The summed E-state index contributed by atoms with van der Waals surface area (Å²) in [5.74, 6) is 0.631. The summed E-state index contributed by atoms with van der Waals surface area (Å²) in [6, 6.07) is 14.8. The molecule has 2 aromatic carbocycles. The lowest BCUT2D eigenvalue weighted by Crippen LogP contribution is -2.19. The average molecular weight is 435 g/mol. The number of aromatic nitrogens is 5. The lowest BCUT2D eigenvalue weighted by molar-refractivity contribution is 0.294. The van der Waals surface area contributed by atoms with Gasteiger partial charge in [0.15, 0.2) is 11.6 Å². The fourth-order valence-electron chi connectivity index (χ4n) is 3.37. The predicted molar refractivity (Wildman–Crippen MR) is 121 cm³/mol. The monoisotopic (exact) mass is 434 g/mol. The third kappa shape index (κ3) is 5.03. The van der Waals surface area contributed by atoms with Crippen molar-refractivity contribution in [2.75, 3.05) is 6.61 Å². The van der Waals surface area contributed by atoms with Crippen LogP contribution in [0.2, 0.25) is 0 Å². The van der Waals surface area contributed by atoms with Gasteiger partial charge in [-0.15, -0.1) is 0 Å². The van der Waals surface area contributed by atoms with Crippen molar-refractivity contribution in [3.63, 3.8) is 0 Å². The summed E-state index contributed by atoms with van der Waals surface area (Å²) in [4.78, 5) is 4.20. The minimum absolute atomic E-state index is 0.0310. The van der Waals surface area contributed by atoms with E-state index in [4.69, 9.17) is 9.84 Å². The molecule has 4 rings (SSSR count). The topological polar surface area (TPSA) is 80.7 Å². The minimum Gasteiger partial charge on any atom is -0.491 e. The molecule has 0 amide bonds. The van der Waals surface area contributed by atoms with Gasteiger partial charge in [-0.05, 0) is 43.7 Å². The number of para-hydroxylation sites is 1. The second-order valence-electron chi connectivity index (χ2n) is 7.60. The van der Waals surface area contributed by atoms with Gasteiger partial charge in [-0.3, -0.25) is 5.10 Å². The zero-order chi connectivity index (χ0) is 22.3. The Morgan fingerprint density at radius 1 is 1.19 bits per heavy atom. The van der Waals surface area contributed by atoms with Gasteiger partial charge in [0.25, 0.3) is 0 Å². The highest BCUT2D eigenvalue weighted by Crippen LogP contribution is 2.28. The molecule has 7 nitrogen and oxygen atoms in total. The van der Waals surface area contributed by atoms with Crippen molar-refractivity contribution in [3.8, 4) is 22.7 Å². The fourth-order valence-corrected chi connectivity index (χ4v) is 3.37. The van der Waals surface area contributed by atoms with Crippen molar-refractivity contribution in [1.29, 1.82) is 0 Å². The summed E-state index contributed by atoms with van der Waals surface area (Å²) in [5.41, 5.74) is 3.29. The van der Waals surface area contributed by atoms with Crippen LogP contribution in [0.1, 0.15) is 44.1 Å². The van der Waals surface area contributed by atoms with E-state index in [0.29, 0.717) is 24.4 Å². The van der Waals surface area contributed by atoms with E-state index < -0.39 is 0 Å². The lowest BCUT2D eigenvalue weighted by Gasteiger charge is -2.11. The molecular weight excluding hydrogens is 407 g/mol. The Bertz CT molecular complexity index is 1130. The molecule has 0 saturated heterocycles. The van der Waals surface area contributed by atoms with Gasteiger partial charge in [0.2, 0.25) is 0 Å². The highest BCUT2D eigenvalue weighted by atomic mass is 19.1. The van der Waals surface area contributed by atoms with E-state index >= 15 is 0 Å². The van der Waals surface area contributed by atoms with E-state index in [1.165, 1.54) is 12.4 Å². The third-order valence-corrected chi connectivity index (χ3v) is 5.21. The van der Waals surface area contributed by atoms with Crippen LogP contribution >= 0.6 is 0 Å². The fraction of sp³-hybridized carbons (Fsp3) is 0.292. The van der Waals surface area contributed by atoms with Gasteiger partial charge in [0.05, 0.1) is 24.0 Å². The first-order chi connectivity index (χ1) is 15.7. The maximum Gasteiger partial charge on any atom is 0.165 e. The van der Waals surface area contributed by atoms with Crippen LogP contribution in [0.3, 0.4) is 0 Å². The van der Waals surface area contributed by atoms with Crippen LogP contribution in [0.15, 0.2) is 61.1 Å². The second kappa shape index (κ2) is 10.2. The normalized spacial score (nSPS) is 12.1. The number of hydrogen-bond acceptors (Lipinski definition) is 5. The van der Waals surface area contributed by atoms with E-state index in [2.05, 4.69) is 27.4 Å². The number of nitrogens with one attached hydrogen (secondary N) is 2. The summed E-state index contributed by atoms with van der Waals surface area (Å²) in [6.45, 7) is 5.11. The number of rotatable bonds is 10. The number of unbranched alkanes of at least 4 members (excludes halogenated alkanes) is 1. The minimum atomic E-state index is -0.387. The number of H-pyrrole nitrogens is 1. The van der Waals surface area contributed by atoms with Gasteiger partial charge < -0.3 is 10.1 Å². The molecule has 8 heteroatoms. The van der Waals surface area contributed by atoms with E-state index in [1.54, 1.807) is 6.07 Å². The highest BCUT2D eigenvalue weighted by molar-refractivity contribution is 5.64. The summed E-state index contributed by atoms with van der Waals surface area (Å²) < 4.78 is 22.1. The highest BCUT2D eigenvalue weighted by Gasteiger charge is 2.16. The molecule has 0 aliphatic rings.